The fraction of sp³-hybridized carbons (Fsp3) is 0.474. The van der Waals surface area contributed by atoms with Gasteiger partial charge in [0.15, 0.2) is 0 Å². The van der Waals surface area contributed by atoms with Gasteiger partial charge in [-0.1, -0.05) is 12.1 Å². The molecule has 9 nitrogen and oxygen atoms in total. The molecule has 0 bridgehead atoms. The normalized spacial score (nSPS) is 17.1. The van der Waals surface area contributed by atoms with Crippen LogP contribution in [0, 0.1) is 5.92 Å². The molecule has 3 rings (SSSR count). The molecule has 1 aliphatic rings. The number of nitrogens with one attached hydrogen (secondary N) is 1. The van der Waals surface area contributed by atoms with Crippen LogP contribution in [0.4, 0.5) is 17.6 Å². The van der Waals surface area contributed by atoms with Crippen LogP contribution in [0.1, 0.15) is 25.6 Å². The molecule has 0 saturated carbocycles. The number of carbonyl (C=O) groups is 1. The molecular formula is C19H26N6O3. The van der Waals surface area contributed by atoms with E-state index in [0.29, 0.717) is 37.2 Å². The van der Waals surface area contributed by atoms with E-state index < -0.39 is 0 Å². The van der Waals surface area contributed by atoms with Gasteiger partial charge in [0.1, 0.15) is 11.6 Å². The van der Waals surface area contributed by atoms with Crippen molar-refractivity contribution in [2.24, 2.45) is 5.92 Å². The lowest BCUT2D eigenvalue weighted by molar-refractivity contribution is -0.150. The Morgan fingerprint density at radius 2 is 2.14 bits per heavy atom. The minimum atomic E-state index is -0.138. The maximum atomic E-state index is 12.0. The highest BCUT2D eigenvalue weighted by molar-refractivity contribution is 5.72. The number of para-hydroxylation sites is 2. The fourth-order valence-corrected chi connectivity index (χ4v) is 3.28. The number of hydrogen-bond donors (Lipinski definition) is 2. The molecule has 2 aromatic rings. The molecule has 0 radical (unpaired) electrons. The molecule has 1 aromatic carbocycles. The minimum absolute atomic E-state index is 0.112. The predicted molar refractivity (Wildman–Crippen MR) is 105 cm³/mol. The molecule has 0 unspecified atom stereocenters. The largest absolute Gasteiger partial charge is 0.495 e. The first-order valence-corrected chi connectivity index (χ1v) is 9.38. The standard InChI is InChI=1S/C19H26N6O3/c1-3-28-17(26)13-7-6-10-25(11-13)12-16-22-18(20)24-19(23-16)21-14-8-4-5-9-15(14)27-2/h4-5,8-9,13H,3,6-7,10-12H2,1-2H3,(H3,20,21,22,23,24)/t13-/m0/s1. The van der Waals surface area contributed by atoms with Crippen LogP contribution in [-0.2, 0) is 16.1 Å². The van der Waals surface area contributed by atoms with Gasteiger partial charge >= 0.3 is 5.97 Å². The van der Waals surface area contributed by atoms with Gasteiger partial charge < -0.3 is 20.5 Å². The van der Waals surface area contributed by atoms with Crippen molar-refractivity contribution in [3.05, 3.63) is 30.1 Å². The van der Waals surface area contributed by atoms with Crippen molar-refractivity contribution in [1.82, 2.24) is 19.9 Å². The summed E-state index contributed by atoms with van der Waals surface area (Å²) in [6, 6.07) is 7.48. The Labute approximate surface area is 164 Å². The van der Waals surface area contributed by atoms with E-state index >= 15 is 0 Å². The first kappa shape index (κ1) is 19.8. The number of nitrogen functional groups attached to an aromatic ring is 1. The highest BCUT2D eigenvalue weighted by Crippen LogP contribution is 2.26. The van der Waals surface area contributed by atoms with E-state index in [4.69, 9.17) is 15.2 Å². The van der Waals surface area contributed by atoms with Crippen molar-refractivity contribution < 1.29 is 14.3 Å². The number of methoxy groups -OCH3 is 1. The number of rotatable bonds is 7. The van der Waals surface area contributed by atoms with Crippen molar-refractivity contribution in [3.8, 4) is 5.75 Å². The highest BCUT2D eigenvalue weighted by atomic mass is 16.5. The smallest absolute Gasteiger partial charge is 0.310 e. The summed E-state index contributed by atoms with van der Waals surface area (Å²) in [5, 5.41) is 3.13. The second kappa shape index (κ2) is 9.32. The molecule has 0 aliphatic carbocycles. The number of likely N-dealkylation sites (tertiary alicyclic amines) is 1. The molecule has 0 spiro atoms. The highest BCUT2D eigenvalue weighted by Gasteiger charge is 2.27. The average molecular weight is 386 g/mol. The quantitative estimate of drug-likeness (QED) is 0.689. The Bertz CT molecular complexity index is 816. The number of piperidine rings is 1. The number of ether oxygens (including phenoxy) is 2. The number of anilines is 3. The first-order valence-electron chi connectivity index (χ1n) is 9.38. The molecule has 0 amide bonds. The van der Waals surface area contributed by atoms with Gasteiger partial charge in [-0.05, 0) is 38.4 Å². The molecular weight excluding hydrogens is 360 g/mol. The number of hydrogen-bond acceptors (Lipinski definition) is 9. The molecule has 1 fully saturated rings. The molecule has 9 heteroatoms. The van der Waals surface area contributed by atoms with Gasteiger partial charge in [0.05, 0.1) is 31.9 Å². The lowest BCUT2D eigenvalue weighted by Crippen LogP contribution is -2.39. The van der Waals surface area contributed by atoms with E-state index in [1.165, 1.54) is 0 Å². The molecule has 1 saturated heterocycles. The first-order chi connectivity index (χ1) is 13.6. The summed E-state index contributed by atoms with van der Waals surface area (Å²) in [6.07, 6.45) is 1.77. The third kappa shape index (κ3) is 5.07. The lowest BCUT2D eigenvalue weighted by Gasteiger charge is -2.30. The summed E-state index contributed by atoms with van der Waals surface area (Å²) >= 11 is 0. The number of benzene rings is 1. The van der Waals surface area contributed by atoms with E-state index in [1.54, 1.807) is 7.11 Å². The van der Waals surface area contributed by atoms with E-state index in [2.05, 4.69) is 25.2 Å². The van der Waals surface area contributed by atoms with Crippen LogP contribution in [-0.4, -0.2) is 52.6 Å². The van der Waals surface area contributed by atoms with Crippen LogP contribution >= 0.6 is 0 Å². The molecule has 2 heterocycles. The Kier molecular flexibility index (Phi) is 6.59. The van der Waals surface area contributed by atoms with Crippen LogP contribution in [0.3, 0.4) is 0 Å². The Hall–Kier alpha value is -2.94. The summed E-state index contributed by atoms with van der Waals surface area (Å²) in [6.45, 7) is 4.21. The molecule has 3 N–H and O–H groups in total. The van der Waals surface area contributed by atoms with Gasteiger partial charge in [0, 0.05) is 6.54 Å². The zero-order valence-corrected chi connectivity index (χ0v) is 16.2. The Morgan fingerprint density at radius 1 is 1.32 bits per heavy atom. The van der Waals surface area contributed by atoms with Crippen LogP contribution in [0.5, 0.6) is 5.75 Å². The van der Waals surface area contributed by atoms with Crippen LogP contribution in [0.25, 0.3) is 0 Å². The molecule has 1 atom stereocenters. The van der Waals surface area contributed by atoms with Gasteiger partial charge in [-0.25, -0.2) is 0 Å². The van der Waals surface area contributed by atoms with E-state index in [9.17, 15) is 4.79 Å². The third-order valence-electron chi connectivity index (χ3n) is 4.54. The Balaban J connectivity index is 1.70. The van der Waals surface area contributed by atoms with Crippen molar-refractivity contribution in [2.75, 3.05) is 37.9 Å². The van der Waals surface area contributed by atoms with Crippen LogP contribution in [0.2, 0.25) is 0 Å². The fourth-order valence-electron chi connectivity index (χ4n) is 3.28. The SMILES string of the molecule is CCOC(=O)[C@H]1CCCN(Cc2nc(N)nc(Nc3ccccc3OC)n2)C1. The van der Waals surface area contributed by atoms with E-state index in [1.807, 2.05) is 31.2 Å². The van der Waals surface area contributed by atoms with Crippen molar-refractivity contribution in [2.45, 2.75) is 26.3 Å². The second-order valence-electron chi connectivity index (χ2n) is 6.59. The summed E-state index contributed by atoms with van der Waals surface area (Å²) in [5.74, 6) is 1.47. The van der Waals surface area contributed by atoms with Crippen LogP contribution in [0.15, 0.2) is 24.3 Å². The topological polar surface area (TPSA) is 115 Å². The molecule has 150 valence electrons. The van der Waals surface area contributed by atoms with Gasteiger partial charge in [-0.15, -0.1) is 0 Å². The van der Waals surface area contributed by atoms with Crippen molar-refractivity contribution in [3.63, 3.8) is 0 Å². The van der Waals surface area contributed by atoms with Crippen molar-refractivity contribution >= 4 is 23.6 Å². The summed E-state index contributed by atoms with van der Waals surface area (Å²) < 4.78 is 10.5. The van der Waals surface area contributed by atoms with Crippen LogP contribution < -0.4 is 15.8 Å². The number of aromatic nitrogens is 3. The maximum absolute atomic E-state index is 12.0. The zero-order chi connectivity index (χ0) is 19.9. The minimum Gasteiger partial charge on any atom is -0.495 e. The number of esters is 1. The van der Waals surface area contributed by atoms with Gasteiger partial charge in [0.2, 0.25) is 11.9 Å². The zero-order valence-electron chi connectivity index (χ0n) is 16.2. The van der Waals surface area contributed by atoms with E-state index in [0.717, 1.165) is 25.1 Å². The maximum Gasteiger partial charge on any atom is 0.310 e. The molecule has 1 aromatic heterocycles. The molecule has 28 heavy (non-hydrogen) atoms. The third-order valence-corrected chi connectivity index (χ3v) is 4.54. The average Bonchev–Trinajstić information content (AvgIpc) is 2.68. The van der Waals surface area contributed by atoms with Crippen molar-refractivity contribution in [1.29, 1.82) is 0 Å². The monoisotopic (exact) mass is 386 g/mol. The number of carbonyl (C=O) groups excluding carboxylic acids is 1. The molecule has 1 aliphatic heterocycles. The summed E-state index contributed by atoms with van der Waals surface area (Å²) in [4.78, 5) is 27.1. The summed E-state index contributed by atoms with van der Waals surface area (Å²) in [7, 11) is 1.60. The van der Waals surface area contributed by atoms with Gasteiger partial charge in [-0.3, -0.25) is 9.69 Å². The number of nitrogens with two attached hydrogens (primary N) is 1. The van der Waals surface area contributed by atoms with E-state index in [-0.39, 0.29) is 17.8 Å². The lowest BCUT2D eigenvalue weighted by atomic mass is 9.98. The van der Waals surface area contributed by atoms with Gasteiger partial charge in [0.25, 0.3) is 0 Å². The second-order valence-corrected chi connectivity index (χ2v) is 6.59. The predicted octanol–water partition coefficient (Wildman–Crippen LogP) is 1.98. The van der Waals surface area contributed by atoms with Gasteiger partial charge in [-0.2, -0.15) is 15.0 Å². The number of nitrogens with zero attached hydrogens (tertiary/aromatic N) is 4. The Morgan fingerprint density at radius 3 is 2.93 bits per heavy atom. The summed E-state index contributed by atoms with van der Waals surface area (Å²) in [5.41, 5.74) is 6.62.